The van der Waals surface area contributed by atoms with Gasteiger partial charge in [0.1, 0.15) is 12.1 Å². The summed E-state index contributed by atoms with van der Waals surface area (Å²) in [6, 6.07) is 13.2. The second-order valence-corrected chi connectivity index (χ2v) is 7.77. The van der Waals surface area contributed by atoms with Gasteiger partial charge in [0, 0.05) is 25.3 Å². The van der Waals surface area contributed by atoms with E-state index in [0.29, 0.717) is 23.2 Å². The molecule has 2 aromatic carbocycles. The van der Waals surface area contributed by atoms with Crippen LogP contribution in [0.4, 0.5) is 10.5 Å². The summed E-state index contributed by atoms with van der Waals surface area (Å²) in [6.07, 6.45) is 0.361. The van der Waals surface area contributed by atoms with Gasteiger partial charge in [-0.3, -0.25) is 19.3 Å². The maximum atomic E-state index is 13.1. The van der Waals surface area contributed by atoms with Crippen LogP contribution in [0, 0.1) is 6.92 Å². The third-order valence-electron chi connectivity index (χ3n) is 5.37. The highest BCUT2D eigenvalue weighted by Crippen LogP contribution is 2.32. The Kier molecular flexibility index (Phi) is 6.10. The molecule has 0 radical (unpaired) electrons. The van der Waals surface area contributed by atoms with Crippen molar-refractivity contribution in [3.8, 4) is 0 Å². The van der Waals surface area contributed by atoms with Crippen molar-refractivity contribution in [1.29, 1.82) is 0 Å². The molecule has 8 nitrogen and oxygen atoms in total. The SMILES string of the molecule is CC[C@@]1(c2ccc(C)cc2)NC(=O)N(CC(=O)Nc2ccc(C(=O)N(C)C)cc2)C1=O. The molecule has 31 heavy (non-hydrogen) atoms. The van der Waals surface area contributed by atoms with Crippen molar-refractivity contribution < 1.29 is 19.2 Å². The maximum absolute atomic E-state index is 13.1. The van der Waals surface area contributed by atoms with E-state index in [2.05, 4.69) is 10.6 Å². The van der Waals surface area contributed by atoms with E-state index in [-0.39, 0.29) is 5.91 Å². The Bertz CT molecular complexity index is 1010. The summed E-state index contributed by atoms with van der Waals surface area (Å²) in [5, 5.41) is 5.43. The van der Waals surface area contributed by atoms with E-state index in [9.17, 15) is 19.2 Å². The molecule has 0 unspecified atom stereocenters. The summed E-state index contributed by atoms with van der Waals surface area (Å²) < 4.78 is 0. The van der Waals surface area contributed by atoms with Crippen molar-refractivity contribution in [2.45, 2.75) is 25.8 Å². The van der Waals surface area contributed by atoms with E-state index in [1.54, 1.807) is 38.4 Å². The molecule has 1 aliphatic rings. The van der Waals surface area contributed by atoms with Crippen molar-refractivity contribution >= 4 is 29.4 Å². The number of imide groups is 1. The lowest BCUT2D eigenvalue weighted by Crippen LogP contribution is -2.44. The average Bonchev–Trinajstić information content (AvgIpc) is 2.99. The van der Waals surface area contributed by atoms with Gasteiger partial charge in [-0.2, -0.15) is 0 Å². The number of rotatable bonds is 6. The number of benzene rings is 2. The highest BCUT2D eigenvalue weighted by molar-refractivity contribution is 6.10. The van der Waals surface area contributed by atoms with Crippen molar-refractivity contribution in [2.75, 3.05) is 26.0 Å². The fourth-order valence-corrected chi connectivity index (χ4v) is 3.55. The van der Waals surface area contributed by atoms with Crippen molar-refractivity contribution in [1.82, 2.24) is 15.1 Å². The Labute approximate surface area is 181 Å². The van der Waals surface area contributed by atoms with Crippen LogP contribution in [0.1, 0.15) is 34.8 Å². The molecule has 0 spiro atoms. The molecular formula is C23H26N4O4. The van der Waals surface area contributed by atoms with Gasteiger partial charge in [-0.05, 0) is 43.2 Å². The van der Waals surface area contributed by atoms with Crippen LogP contribution in [0.3, 0.4) is 0 Å². The zero-order valence-corrected chi connectivity index (χ0v) is 18.1. The Balaban J connectivity index is 1.71. The molecule has 0 saturated carbocycles. The van der Waals surface area contributed by atoms with Crippen molar-refractivity contribution in [3.05, 3.63) is 65.2 Å². The second-order valence-electron chi connectivity index (χ2n) is 7.77. The summed E-state index contributed by atoms with van der Waals surface area (Å²) in [4.78, 5) is 52.5. The lowest BCUT2D eigenvalue weighted by molar-refractivity contribution is -0.134. The predicted octanol–water partition coefficient (Wildman–Crippen LogP) is 2.49. The normalized spacial score (nSPS) is 18.0. The molecule has 1 heterocycles. The monoisotopic (exact) mass is 422 g/mol. The number of urea groups is 1. The summed E-state index contributed by atoms with van der Waals surface area (Å²) in [5.41, 5.74) is 1.50. The molecule has 5 amide bonds. The Morgan fingerprint density at radius 2 is 1.65 bits per heavy atom. The van der Waals surface area contributed by atoms with E-state index in [1.165, 1.54) is 4.90 Å². The summed E-state index contributed by atoms with van der Waals surface area (Å²) >= 11 is 0. The molecule has 0 bridgehead atoms. The van der Waals surface area contributed by atoms with E-state index in [1.807, 2.05) is 38.1 Å². The molecule has 1 saturated heterocycles. The van der Waals surface area contributed by atoms with Crippen LogP contribution >= 0.6 is 0 Å². The van der Waals surface area contributed by atoms with Gasteiger partial charge in [-0.1, -0.05) is 36.8 Å². The number of anilines is 1. The highest BCUT2D eigenvalue weighted by Gasteiger charge is 2.51. The number of nitrogens with zero attached hydrogens (tertiary/aromatic N) is 2. The number of nitrogens with one attached hydrogen (secondary N) is 2. The zero-order valence-electron chi connectivity index (χ0n) is 18.1. The third-order valence-corrected chi connectivity index (χ3v) is 5.37. The van der Waals surface area contributed by atoms with Crippen LogP contribution in [-0.4, -0.2) is 54.2 Å². The zero-order chi connectivity index (χ0) is 22.8. The standard InChI is InChI=1S/C23H26N4O4/c1-5-23(17-10-6-15(2)7-11-17)21(30)27(22(31)25-23)14-19(28)24-18-12-8-16(9-13-18)20(29)26(3)4/h6-13H,5,14H2,1-4H3,(H,24,28)(H,25,31)/t23-/m0/s1. The Morgan fingerprint density at radius 1 is 1.03 bits per heavy atom. The van der Waals surface area contributed by atoms with Crippen molar-refractivity contribution in [3.63, 3.8) is 0 Å². The molecule has 162 valence electrons. The minimum absolute atomic E-state index is 0.149. The summed E-state index contributed by atoms with van der Waals surface area (Å²) in [7, 11) is 3.31. The van der Waals surface area contributed by atoms with E-state index >= 15 is 0 Å². The molecule has 3 rings (SSSR count). The molecular weight excluding hydrogens is 396 g/mol. The van der Waals surface area contributed by atoms with E-state index in [4.69, 9.17) is 0 Å². The molecule has 1 fully saturated rings. The fraction of sp³-hybridized carbons (Fsp3) is 0.304. The Hall–Kier alpha value is -3.68. The third kappa shape index (κ3) is 4.28. The van der Waals surface area contributed by atoms with E-state index in [0.717, 1.165) is 10.5 Å². The first-order chi connectivity index (χ1) is 14.7. The van der Waals surface area contributed by atoms with Gasteiger partial charge in [0.15, 0.2) is 0 Å². The topological polar surface area (TPSA) is 98.8 Å². The number of hydrogen-bond donors (Lipinski definition) is 2. The number of hydrogen-bond acceptors (Lipinski definition) is 4. The first kappa shape index (κ1) is 22.0. The van der Waals surface area contributed by atoms with Crippen LogP contribution in [-0.2, 0) is 15.1 Å². The lowest BCUT2D eigenvalue weighted by atomic mass is 9.87. The van der Waals surface area contributed by atoms with Crippen LogP contribution in [0.25, 0.3) is 0 Å². The van der Waals surface area contributed by atoms with E-state index < -0.39 is 29.9 Å². The fourth-order valence-electron chi connectivity index (χ4n) is 3.55. The van der Waals surface area contributed by atoms with Gasteiger partial charge >= 0.3 is 6.03 Å². The Morgan fingerprint density at radius 3 is 2.19 bits per heavy atom. The summed E-state index contributed by atoms with van der Waals surface area (Å²) in [6.45, 7) is 3.35. The van der Waals surface area contributed by atoms with Gasteiger partial charge in [0.25, 0.3) is 11.8 Å². The highest BCUT2D eigenvalue weighted by atomic mass is 16.2. The first-order valence-electron chi connectivity index (χ1n) is 10.0. The summed E-state index contributed by atoms with van der Waals surface area (Å²) in [5.74, 6) is -1.11. The van der Waals surface area contributed by atoms with Gasteiger partial charge in [-0.25, -0.2) is 4.79 Å². The minimum Gasteiger partial charge on any atom is -0.345 e. The number of carbonyl (C=O) groups excluding carboxylic acids is 4. The molecule has 0 aromatic heterocycles. The van der Waals surface area contributed by atoms with Gasteiger partial charge in [0.05, 0.1) is 0 Å². The van der Waals surface area contributed by atoms with Gasteiger partial charge in [-0.15, -0.1) is 0 Å². The lowest BCUT2D eigenvalue weighted by Gasteiger charge is -2.25. The predicted molar refractivity (Wildman–Crippen MR) is 116 cm³/mol. The van der Waals surface area contributed by atoms with Crippen LogP contribution in [0.2, 0.25) is 0 Å². The molecule has 1 aliphatic heterocycles. The van der Waals surface area contributed by atoms with Crippen LogP contribution in [0.5, 0.6) is 0 Å². The average molecular weight is 422 g/mol. The van der Waals surface area contributed by atoms with Gasteiger partial charge < -0.3 is 15.5 Å². The molecule has 1 atom stereocenters. The smallest absolute Gasteiger partial charge is 0.325 e. The molecule has 0 aliphatic carbocycles. The molecule has 8 heteroatoms. The van der Waals surface area contributed by atoms with Crippen LogP contribution in [0.15, 0.2) is 48.5 Å². The number of carbonyl (C=O) groups is 4. The van der Waals surface area contributed by atoms with Gasteiger partial charge in [0.2, 0.25) is 5.91 Å². The number of aryl methyl sites for hydroxylation is 1. The minimum atomic E-state index is -1.18. The molecule has 2 N–H and O–H groups in total. The largest absolute Gasteiger partial charge is 0.345 e. The second kappa shape index (κ2) is 8.59. The van der Waals surface area contributed by atoms with Crippen molar-refractivity contribution in [2.24, 2.45) is 0 Å². The molecule has 2 aromatic rings. The quantitative estimate of drug-likeness (QED) is 0.699. The number of amides is 5. The van der Waals surface area contributed by atoms with Crippen LogP contribution < -0.4 is 10.6 Å². The maximum Gasteiger partial charge on any atom is 0.325 e. The first-order valence-corrected chi connectivity index (χ1v) is 10.0.